The number of aliphatic hydroxyl groups is 2. The Balaban J connectivity index is 1.56. The Hall–Kier alpha value is -3.16. The molecule has 11 nitrogen and oxygen atoms in total. The number of carbonyl (C=O) groups excluding carboxylic acids is 1. The number of carbonyl (C=O) groups is 1. The van der Waals surface area contributed by atoms with E-state index in [1.54, 1.807) is 19.2 Å². The highest BCUT2D eigenvalue weighted by atomic mass is 79.9. The van der Waals surface area contributed by atoms with Gasteiger partial charge in [0, 0.05) is 35.5 Å². The lowest BCUT2D eigenvalue weighted by atomic mass is 10.1. The summed E-state index contributed by atoms with van der Waals surface area (Å²) in [5, 5.41) is 27.6. The second-order valence-electron chi connectivity index (χ2n) is 8.42. The normalized spacial score (nSPS) is 21.3. The average Bonchev–Trinajstić information content (AvgIpc) is 3.43. The molecule has 1 fully saturated rings. The molecule has 1 aromatic carbocycles. The molecule has 0 bridgehead atoms. The van der Waals surface area contributed by atoms with Crippen LogP contribution in [-0.2, 0) is 16.1 Å². The van der Waals surface area contributed by atoms with Crippen molar-refractivity contribution in [3.05, 3.63) is 64.1 Å². The van der Waals surface area contributed by atoms with Crippen molar-refractivity contribution in [3.8, 4) is 11.4 Å². The molecule has 5 rings (SSSR count). The van der Waals surface area contributed by atoms with Gasteiger partial charge >= 0.3 is 0 Å². The van der Waals surface area contributed by atoms with Gasteiger partial charge in [0.15, 0.2) is 35.1 Å². The number of ether oxygens (including phenoxy) is 1. The van der Waals surface area contributed by atoms with E-state index in [0.717, 1.165) is 10.0 Å². The number of rotatable bonds is 7. The summed E-state index contributed by atoms with van der Waals surface area (Å²) in [5.41, 5.74) is 2.32. The van der Waals surface area contributed by atoms with Gasteiger partial charge in [-0.15, -0.1) is 0 Å². The maximum absolute atomic E-state index is 12.4. The van der Waals surface area contributed by atoms with Gasteiger partial charge in [-0.05, 0) is 30.7 Å². The minimum Gasteiger partial charge on any atom is -0.387 e. The number of likely N-dealkylation sites (N-methyl/N-ethyl adjacent to an activating group) is 1. The Morgan fingerprint density at radius 3 is 2.81 bits per heavy atom. The monoisotopic (exact) mass is 587 g/mol. The molecule has 37 heavy (non-hydrogen) atoms. The van der Waals surface area contributed by atoms with Gasteiger partial charge in [0.25, 0.3) is 5.91 Å². The van der Waals surface area contributed by atoms with E-state index >= 15 is 0 Å². The maximum atomic E-state index is 12.4. The van der Waals surface area contributed by atoms with Gasteiger partial charge in [-0.1, -0.05) is 39.7 Å². The number of aliphatic hydroxyl groups excluding tert-OH is 2. The van der Waals surface area contributed by atoms with E-state index in [9.17, 15) is 15.0 Å². The summed E-state index contributed by atoms with van der Waals surface area (Å²) in [7, 11) is 0. The lowest BCUT2D eigenvalue weighted by molar-refractivity contribution is -0.137. The largest absolute Gasteiger partial charge is 0.387 e. The van der Waals surface area contributed by atoms with Crippen molar-refractivity contribution in [2.24, 2.45) is 0 Å². The molecule has 3 aromatic heterocycles. The molecule has 1 aliphatic heterocycles. The van der Waals surface area contributed by atoms with Crippen molar-refractivity contribution in [2.75, 3.05) is 11.9 Å². The minimum absolute atomic E-state index is 0.314. The first kappa shape index (κ1) is 25.5. The van der Waals surface area contributed by atoms with E-state index in [1.165, 1.54) is 17.1 Å². The Kier molecular flexibility index (Phi) is 7.36. The van der Waals surface area contributed by atoms with E-state index in [-0.39, 0.29) is 0 Å². The fraction of sp³-hybridized carbons (Fsp3) is 0.292. The third-order valence-corrected chi connectivity index (χ3v) is 6.56. The molecular formula is C24H23BrClN7O4. The van der Waals surface area contributed by atoms with Crippen LogP contribution in [0.25, 0.3) is 22.6 Å². The molecule has 0 radical (unpaired) electrons. The quantitative estimate of drug-likeness (QED) is 0.256. The molecule has 0 saturated carbocycles. The van der Waals surface area contributed by atoms with E-state index in [4.69, 9.17) is 16.3 Å². The fourth-order valence-corrected chi connectivity index (χ4v) is 4.72. The van der Waals surface area contributed by atoms with Crippen molar-refractivity contribution >= 4 is 50.4 Å². The zero-order valence-electron chi connectivity index (χ0n) is 19.5. The average molecular weight is 589 g/mol. The van der Waals surface area contributed by atoms with Crippen LogP contribution >= 0.6 is 27.5 Å². The molecule has 4 heterocycles. The molecule has 13 heteroatoms. The molecule has 1 amide bonds. The summed E-state index contributed by atoms with van der Waals surface area (Å²) < 4.78 is 8.22. The van der Waals surface area contributed by atoms with Crippen LogP contribution in [0.2, 0.25) is 5.02 Å². The Morgan fingerprint density at radius 1 is 1.22 bits per heavy atom. The van der Waals surface area contributed by atoms with Crippen LogP contribution in [0.3, 0.4) is 0 Å². The van der Waals surface area contributed by atoms with Crippen molar-refractivity contribution in [3.63, 3.8) is 0 Å². The smallest absolute Gasteiger partial charge is 0.252 e. The highest BCUT2D eigenvalue weighted by Gasteiger charge is 2.47. The number of nitrogens with one attached hydrogen (secondary N) is 2. The predicted molar refractivity (Wildman–Crippen MR) is 140 cm³/mol. The summed E-state index contributed by atoms with van der Waals surface area (Å²) >= 11 is 9.63. The van der Waals surface area contributed by atoms with Gasteiger partial charge in [-0.2, -0.15) is 0 Å². The van der Waals surface area contributed by atoms with Gasteiger partial charge < -0.3 is 25.6 Å². The molecule has 0 aliphatic carbocycles. The van der Waals surface area contributed by atoms with Crippen molar-refractivity contribution < 1.29 is 19.7 Å². The first-order valence-corrected chi connectivity index (χ1v) is 12.7. The molecule has 4 aromatic rings. The zero-order valence-corrected chi connectivity index (χ0v) is 21.9. The minimum atomic E-state index is -1.43. The predicted octanol–water partition coefficient (Wildman–Crippen LogP) is 2.67. The van der Waals surface area contributed by atoms with Crippen molar-refractivity contribution in [2.45, 2.75) is 38.0 Å². The number of hydrogen-bond acceptors (Lipinski definition) is 9. The van der Waals surface area contributed by atoms with Crippen LogP contribution in [0.4, 0.5) is 5.82 Å². The van der Waals surface area contributed by atoms with Gasteiger partial charge in [0.1, 0.15) is 12.2 Å². The second-order valence-corrected chi connectivity index (χ2v) is 9.77. The molecule has 1 saturated heterocycles. The number of halogens is 2. The Labute approximate surface area is 225 Å². The fourth-order valence-electron chi connectivity index (χ4n) is 4.10. The number of imidazole rings is 1. The maximum Gasteiger partial charge on any atom is 0.252 e. The highest BCUT2D eigenvalue weighted by Crippen LogP contribution is 2.34. The van der Waals surface area contributed by atoms with Gasteiger partial charge in [0.2, 0.25) is 0 Å². The first-order chi connectivity index (χ1) is 17.9. The molecule has 4 unspecified atom stereocenters. The van der Waals surface area contributed by atoms with Crippen LogP contribution in [0, 0.1) is 0 Å². The topological polar surface area (TPSA) is 147 Å². The molecule has 1 aliphatic rings. The lowest BCUT2D eigenvalue weighted by Crippen LogP contribution is -2.42. The Morgan fingerprint density at radius 2 is 2.05 bits per heavy atom. The number of nitrogens with zero attached hydrogens (tertiary/aromatic N) is 5. The van der Waals surface area contributed by atoms with Crippen molar-refractivity contribution in [1.82, 2.24) is 29.8 Å². The number of pyridine rings is 1. The number of aromatic nitrogens is 5. The summed E-state index contributed by atoms with van der Waals surface area (Å²) in [5.74, 6) is 0.235. The lowest BCUT2D eigenvalue weighted by Gasteiger charge is -2.17. The van der Waals surface area contributed by atoms with Crippen LogP contribution < -0.4 is 10.6 Å². The third kappa shape index (κ3) is 5.15. The summed E-state index contributed by atoms with van der Waals surface area (Å²) in [4.78, 5) is 30.3. The van der Waals surface area contributed by atoms with Gasteiger partial charge in [-0.25, -0.2) is 15.0 Å². The summed E-state index contributed by atoms with van der Waals surface area (Å²) in [6.07, 6.45) is -0.649. The van der Waals surface area contributed by atoms with Crippen LogP contribution in [0.5, 0.6) is 0 Å². The van der Waals surface area contributed by atoms with Crippen LogP contribution in [0.1, 0.15) is 18.7 Å². The van der Waals surface area contributed by atoms with E-state index in [2.05, 4.69) is 46.5 Å². The van der Waals surface area contributed by atoms with Crippen LogP contribution in [0.15, 0.2) is 53.5 Å². The molecule has 4 atom stereocenters. The van der Waals surface area contributed by atoms with Gasteiger partial charge in [0.05, 0.1) is 11.3 Å². The second kappa shape index (κ2) is 10.7. The Bertz CT molecular complexity index is 1450. The molecule has 192 valence electrons. The number of benzene rings is 1. The number of hydrogen-bond donors (Lipinski definition) is 4. The van der Waals surface area contributed by atoms with E-state index < -0.39 is 30.4 Å². The number of anilines is 1. The van der Waals surface area contributed by atoms with Gasteiger partial charge in [-0.3, -0.25) is 14.3 Å². The molecule has 0 spiro atoms. The molecular weight excluding hydrogens is 566 g/mol. The summed E-state index contributed by atoms with van der Waals surface area (Å²) in [6.45, 7) is 2.56. The van der Waals surface area contributed by atoms with Crippen molar-refractivity contribution in [1.29, 1.82) is 0 Å². The first-order valence-electron chi connectivity index (χ1n) is 11.5. The SMILES string of the molecule is CCNC(=O)C1OC(n2cnc3c(NCc4cccc(Br)c4)nc(-c4cncc(Cl)c4)nc32)C(O)C1O. The van der Waals surface area contributed by atoms with E-state index in [0.29, 0.717) is 46.5 Å². The molecule has 4 N–H and O–H groups in total. The summed E-state index contributed by atoms with van der Waals surface area (Å²) in [6, 6.07) is 9.52. The standard InChI is InChI=1S/C24H23BrClN7O4/c1-2-28-23(36)19-17(34)18(35)24(37-19)33-11-30-16-21(29-8-12-4-3-5-14(25)6-12)31-20(32-22(16)33)13-7-15(26)10-27-9-13/h3-7,9-11,17-19,24,34-35H,2,8H2,1H3,(H,28,36)(H,29,31,32). The highest BCUT2D eigenvalue weighted by molar-refractivity contribution is 9.10. The van der Waals surface area contributed by atoms with E-state index in [1.807, 2.05) is 24.3 Å². The number of amides is 1. The zero-order chi connectivity index (χ0) is 26.1. The number of fused-ring (bicyclic) bond motifs is 1. The van der Waals surface area contributed by atoms with Crippen LogP contribution in [-0.4, -0.2) is 65.5 Å². The third-order valence-electron chi connectivity index (χ3n) is 5.86.